The van der Waals surface area contributed by atoms with Crippen LogP contribution in [-0.4, -0.2) is 69.2 Å². The number of nitrogens with two attached hydrogens (primary N) is 2. The van der Waals surface area contributed by atoms with Crippen LogP contribution in [0.2, 0.25) is 0 Å². The molecule has 2 aromatic rings. The molecule has 2 aliphatic rings. The molecule has 4 atom stereocenters. The van der Waals surface area contributed by atoms with E-state index in [0.717, 1.165) is 0 Å². The summed E-state index contributed by atoms with van der Waals surface area (Å²) in [5.74, 6) is -8.80. The quantitative estimate of drug-likeness (QED) is 0.230. The highest BCUT2D eigenvalue weighted by Gasteiger charge is 2.66. The normalized spacial score (nSPS) is 28.0. The zero-order valence-electron chi connectivity index (χ0n) is 16.7. The van der Waals surface area contributed by atoms with Crippen molar-refractivity contribution in [1.82, 2.24) is 4.90 Å². The number of fused-ring (bicyclic) bond motifs is 3. The topological polar surface area (TPSA) is 184 Å². The Morgan fingerprint density at radius 3 is 2.39 bits per heavy atom. The molecule has 162 valence electrons. The van der Waals surface area contributed by atoms with Crippen LogP contribution in [0.5, 0.6) is 11.5 Å². The van der Waals surface area contributed by atoms with Crippen molar-refractivity contribution in [3.8, 4) is 11.5 Å². The lowest BCUT2D eigenvalue weighted by molar-refractivity contribution is -0.162. The molecule has 1 fully saturated rings. The zero-order valence-corrected chi connectivity index (χ0v) is 16.7. The molecule has 0 aliphatic heterocycles. The molecule has 0 bridgehead atoms. The second kappa shape index (κ2) is 6.50. The van der Waals surface area contributed by atoms with Crippen LogP contribution in [0.4, 0.5) is 5.69 Å². The third kappa shape index (κ3) is 2.52. The first-order valence-corrected chi connectivity index (χ1v) is 9.49. The minimum Gasteiger partial charge on any atom is -0.506 e. The number of benzene rings is 2. The number of aromatic hydroxyl groups is 2. The van der Waals surface area contributed by atoms with E-state index in [0.29, 0.717) is 10.9 Å². The lowest BCUT2D eigenvalue weighted by Gasteiger charge is -2.48. The van der Waals surface area contributed by atoms with Crippen molar-refractivity contribution >= 4 is 39.7 Å². The van der Waals surface area contributed by atoms with Crippen LogP contribution in [0.15, 0.2) is 18.2 Å². The van der Waals surface area contributed by atoms with Gasteiger partial charge in [-0.05, 0) is 37.5 Å². The number of phenols is 2. The van der Waals surface area contributed by atoms with Crippen LogP contribution < -0.4 is 11.5 Å². The number of primary amides is 1. The Morgan fingerprint density at radius 2 is 1.81 bits per heavy atom. The Bertz CT molecular complexity index is 1210. The summed E-state index contributed by atoms with van der Waals surface area (Å²) >= 11 is 0. The second-order valence-corrected chi connectivity index (χ2v) is 8.28. The first-order valence-electron chi connectivity index (χ1n) is 9.49. The van der Waals surface area contributed by atoms with Crippen LogP contribution in [0.1, 0.15) is 15.9 Å². The number of nitrogens with zero attached hydrogens (tertiary/aromatic N) is 1. The van der Waals surface area contributed by atoms with Gasteiger partial charge < -0.3 is 26.8 Å². The maximum absolute atomic E-state index is 13.5. The summed E-state index contributed by atoms with van der Waals surface area (Å²) in [5, 5.41) is 32.8. The largest absolute Gasteiger partial charge is 0.506 e. The molecule has 0 radical (unpaired) electrons. The first kappa shape index (κ1) is 20.8. The van der Waals surface area contributed by atoms with Crippen LogP contribution in [-0.2, 0) is 20.8 Å². The van der Waals surface area contributed by atoms with Crippen molar-refractivity contribution in [3.05, 3.63) is 29.3 Å². The van der Waals surface area contributed by atoms with Crippen LogP contribution in [0.25, 0.3) is 10.8 Å². The van der Waals surface area contributed by atoms with Gasteiger partial charge in [0.1, 0.15) is 11.5 Å². The van der Waals surface area contributed by atoms with E-state index in [1.807, 2.05) is 0 Å². The number of ketones is 3. The monoisotopic (exact) mass is 427 g/mol. The van der Waals surface area contributed by atoms with Gasteiger partial charge in [0.05, 0.1) is 22.7 Å². The van der Waals surface area contributed by atoms with E-state index in [1.165, 1.54) is 31.1 Å². The fourth-order valence-electron chi connectivity index (χ4n) is 4.92. The van der Waals surface area contributed by atoms with E-state index in [-0.39, 0.29) is 23.1 Å². The molecule has 0 heterocycles. The van der Waals surface area contributed by atoms with Crippen LogP contribution in [0, 0.1) is 11.8 Å². The van der Waals surface area contributed by atoms with Crippen LogP contribution >= 0.6 is 0 Å². The molecule has 1 amide bonds. The van der Waals surface area contributed by atoms with Crippen molar-refractivity contribution in [2.24, 2.45) is 17.6 Å². The maximum atomic E-state index is 13.5. The number of likely N-dealkylation sites (N-methyl/N-ethyl adjacent to an activating group) is 1. The second-order valence-electron chi connectivity index (χ2n) is 8.28. The molecular weight excluding hydrogens is 406 g/mol. The van der Waals surface area contributed by atoms with E-state index in [1.54, 1.807) is 6.07 Å². The van der Waals surface area contributed by atoms with Crippen molar-refractivity contribution in [2.75, 3.05) is 19.8 Å². The molecule has 10 nitrogen and oxygen atoms in total. The van der Waals surface area contributed by atoms with E-state index in [4.69, 9.17) is 11.5 Å². The number of carbonyl (C=O) groups is 4. The molecule has 0 saturated heterocycles. The summed E-state index contributed by atoms with van der Waals surface area (Å²) in [5.41, 5.74) is 8.08. The molecule has 31 heavy (non-hydrogen) atoms. The third-order valence-electron chi connectivity index (χ3n) is 6.35. The van der Waals surface area contributed by atoms with Crippen molar-refractivity contribution in [2.45, 2.75) is 18.1 Å². The summed E-state index contributed by atoms with van der Waals surface area (Å²) in [6, 6.07) is 3.36. The predicted molar refractivity (Wildman–Crippen MR) is 108 cm³/mol. The number of hydrogen-bond acceptors (Lipinski definition) is 9. The Morgan fingerprint density at radius 1 is 1.16 bits per heavy atom. The Kier molecular flexibility index (Phi) is 4.35. The average Bonchev–Trinajstić information content (AvgIpc) is 2.67. The van der Waals surface area contributed by atoms with Gasteiger partial charge in [-0.3, -0.25) is 24.1 Å². The molecule has 1 saturated carbocycles. The molecule has 0 spiro atoms. The van der Waals surface area contributed by atoms with Gasteiger partial charge >= 0.3 is 0 Å². The minimum atomic E-state index is -2.75. The van der Waals surface area contributed by atoms with E-state index in [9.17, 15) is 34.5 Å². The summed E-state index contributed by atoms with van der Waals surface area (Å²) in [7, 11) is 3.05. The van der Waals surface area contributed by atoms with Gasteiger partial charge in [0, 0.05) is 5.92 Å². The van der Waals surface area contributed by atoms with E-state index >= 15 is 0 Å². The fourth-order valence-corrected chi connectivity index (χ4v) is 4.92. The Labute approximate surface area is 176 Å². The van der Waals surface area contributed by atoms with Crippen molar-refractivity contribution in [1.29, 1.82) is 0 Å². The molecule has 2 aromatic carbocycles. The van der Waals surface area contributed by atoms with Gasteiger partial charge in [-0.25, -0.2) is 0 Å². The standard InChI is InChI=1S/C21H21N3O7/c1-24(2)14-9-6-8-5-7-3-4-10(22)15(25)11(7)16(26)12(8)18(28)21(9,31)19(29)13(17(14)27)20(23)30/h3-5,9,13-14,25-26,31H,6,22H2,1-2H3,(H2,23,30). The minimum absolute atomic E-state index is 0.0385. The van der Waals surface area contributed by atoms with Gasteiger partial charge in [-0.1, -0.05) is 12.1 Å². The SMILES string of the molecule is CN(C)C1C(=O)C(C(N)=O)C(=O)C2(O)C(=O)c3c(cc4ccc(N)c(O)c4c3O)CC12. The van der Waals surface area contributed by atoms with Gasteiger partial charge in [-0.2, -0.15) is 0 Å². The summed E-state index contributed by atoms with van der Waals surface area (Å²) < 4.78 is 0. The number of phenolic OH excluding ortho intramolecular Hbond substituents is 2. The first-order chi connectivity index (χ1) is 14.4. The number of carbonyl (C=O) groups excluding carboxylic acids is 4. The highest BCUT2D eigenvalue weighted by molar-refractivity contribution is 6.33. The Hall–Kier alpha value is -3.50. The lowest BCUT2D eigenvalue weighted by Crippen LogP contribution is -2.71. The number of anilines is 1. The number of Topliss-reactive ketones (excluding diaryl/α,β-unsaturated/α-hetero) is 3. The summed E-state index contributed by atoms with van der Waals surface area (Å²) in [6.45, 7) is 0. The maximum Gasteiger partial charge on any atom is 0.235 e. The molecule has 0 aromatic heterocycles. The summed E-state index contributed by atoms with van der Waals surface area (Å²) in [4.78, 5) is 52.7. The van der Waals surface area contributed by atoms with Gasteiger partial charge in [0.25, 0.3) is 0 Å². The molecule has 10 heteroatoms. The number of aliphatic hydroxyl groups is 1. The predicted octanol–water partition coefficient (Wildman–Crippen LogP) is -0.897. The average molecular weight is 427 g/mol. The zero-order chi connectivity index (χ0) is 23.0. The fraction of sp³-hybridized carbons (Fsp3) is 0.333. The van der Waals surface area contributed by atoms with E-state index < -0.39 is 58.2 Å². The van der Waals surface area contributed by atoms with Crippen molar-refractivity contribution < 1.29 is 34.5 Å². The molecule has 2 aliphatic carbocycles. The van der Waals surface area contributed by atoms with Gasteiger partial charge in [0.15, 0.2) is 23.1 Å². The highest BCUT2D eigenvalue weighted by Crippen LogP contribution is 2.48. The third-order valence-corrected chi connectivity index (χ3v) is 6.35. The van der Waals surface area contributed by atoms with Gasteiger partial charge in [-0.15, -0.1) is 0 Å². The molecule has 4 unspecified atom stereocenters. The molecular formula is C21H21N3O7. The molecule has 4 rings (SSSR count). The van der Waals surface area contributed by atoms with Gasteiger partial charge in [0.2, 0.25) is 11.7 Å². The number of hydrogen-bond donors (Lipinski definition) is 5. The van der Waals surface area contributed by atoms with Crippen molar-refractivity contribution in [3.63, 3.8) is 0 Å². The molecule has 7 N–H and O–H groups in total. The van der Waals surface area contributed by atoms with Crippen LogP contribution in [0.3, 0.4) is 0 Å². The van der Waals surface area contributed by atoms with E-state index in [2.05, 4.69) is 0 Å². The Balaban J connectivity index is 2.03. The lowest BCUT2D eigenvalue weighted by atomic mass is 9.58. The summed E-state index contributed by atoms with van der Waals surface area (Å²) in [6.07, 6.45) is -0.113. The number of amides is 1. The number of nitrogen functional groups attached to an aromatic ring is 1. The number of rotatable bonds is 2. The smallest absolute Gasteiger partial charge is 0.235 e. The highest BCUT2D eigenvalue weighted by atomic mass is 16.3.